The highest BCUT2D eigenvalue weighted by atomic mass is 16.3. The molecule has 88 valence electrons. The zero-order valence-electron chi connectivity index (χ0n) is 9.87. The zero-order valence-corrected chi connectivity index (χ0v) is 9.87. The molecule has 4 heteroatoms. The van der Waals surface area contributed by atoms with E-state index in [0.29, 0.717) is 0 Å². The molecule has 1 aromatic rings. The smallest absolute Gasteiger partial charge is 0.244 e. The quantitative estimate of drug-likeness (QED) is 0.715. The minimum atomic E-state index is -0.602. The summed E-state index contributed by atoms with van der Waals surface area (Å²) in [6.07, 6.45) is 0. The van der Waals surface area contributed by atoms with Crippen LogP contribution in [0.25, 0.3) is 0 Å². The Bertz CT molecular complexity index is 358. The van der Waals surface area contributed by atoms with Crippen LogP contribution >= 0.6 is 0 Å². The van der Waals surface area contributed by atoms with Gasteiger partial charge in [-0.05, 0) is 38.6 Å². The number of benzene rings is 1. The Morgan fingerprint density at radius 1 is 1.31 bits per heavy atom. The van der Waals surface area contributed by atoms with Crippen LogP contribution in [0.1, 0.15) is 19.4 Å². The highest BCUT2D eigenvalue weighted by Crippen LogP contribution is 2.12. The molecule has 0 aliphatic heterocycles. The van der Waals surface area contributed by atoms with Crippen LogP contribution in [0.15, 0.2) is 24.3 Å². The van der Waals surface area contributed by atoms with Gasteiger partial charge in [-0.1, -0.05) is 12.1 Å². The summed E-state index contributed by atoms with van der Waals surface area (Å²) < 4.78 is 0. The molecule has 0 aromatic heterocycles. The lowest BCUT2D eigenvalue weighted by molar-refractivity contribution is -0.121. The number of carbonyl (C=O) groups excluding carboxylic acids is 1. The maximum absolute atomic E-state index is 11.8. The molecule has 4 nitrogen and oxygen atoms in total. The van der Waals surface area contributed by atoms with E-state index in [1.807, 2.05) is 13.8 Å². The maximum Gasteiger partial charge on any atom is 0.244 e. The molecule has 1 amide bonds. The largest absolute Gasteiger partial charge is 0.392 e. The van der Waals surface area contributed by atoms with Crippen LogP contribution in [0.5, 0.6) is 0 Å². The first-order chi connectivity index (χ1) is 7.49. The summed E-state index contributed by atoms with van der Waals surface area (Å²) >= 11 is 0. The Hall–Kier alpha value is -1.39. The molecule has 0 fully saturated rings. The Kier molecular flexibility index (Phi) is 4.04. The molecule has 1 aromatic carbocycles. The first kappa shape index (κ1) is 12.7. The molecule has 0 saturated heterocycles. The fraction of sp³-hybridized carbons (Fsp3) is 0.417. The summed E-state index contributed by atoms with van der Waals surface area (Å²) in [5.74, 6) is -0.0910. The van der Waals surface area contributed by atoms with Gasteiger partial charge in [0.25, 0.3) is 0 Å². The van der Waals surface area contributed by atoms with Crippen molar-refractivity contribution in [2.24, 2.45) is 0 Å². The number of aliphatic hydroxyl groups excluding tert-OH is 1. The summed E-state index contributed by atoms with van der Waals surface area (Å²) in [5, 5.41) is 14.6. The number of anilines is 1. The maximum atomic E-state index is 11.8. The standard InChI is InChI=1S/C12H18N2O2/c1-12(2,13-3)11(16)14-10-6-4-9(8-15)5-7-10/h4-7,13,15H,8H2,1-3H3,(H,14,16). The normalized spacial score (nSPS) is 11.2. The number of rotatable bonds is 4. The van der Waals surface area contributed by atoms with Gasteiger partial charge in [-0.25, -0.2) is 0 Å². The van der Waals surface area contributed by atoms with Crippen molar-refractivity contribution in [2.75, 3.05) is 12.4 Å². The van der Waals surface area contributed by atoms with E-state index in [9.17, 15) is 4.79 Å². The average molecular weight is 222 g/mol. The van der Waals surface area contributed by atoms with Crippen LogP contribution in [-0.2, 0) is 11.4 Å². The van der Waals surface area contributed by atoms with Crippen molar-refractivity contribution in [2.45, 2.75) is 26.0 Å². The van der Waals surface area contributed by atoms with Gasteiger partial charge >= 0.3 is 0 Å². The Labute approximate surface area is 95.7 Å². The van der Waals surface area contributed by atoms with Gasteiger partial charge in [-0.3, -0.25) is 4.79 Å². The summed E-state index contributed by atoms with van der Waals surface area (Å²) in [4.78, 5) is 11.8. The third-order valence-corrected chi connectivity index (χ3v) is 2.59. The molecule has 0 unspecified atom stereocenters. The number of likely N-dealkylation sites (N-methyl/N-ethyl adjacent to an activating group) is 1. The molecule has 1 rings (SSSR count). The lowest BCUT2D eigenvalue weighted by Gasteiger charge is -2.22. The second-order valence-electron chi connectivity index (χ2n) is 4.18. The highest BCUT2D eigenvalue weighted by Gasteiger charge is 2.24. The second kappa shape index (κ2) is 5.09. The van der Waals surface area contributed by atoms with E-state index in [4.69, 9.17) is 5.11 Å². The van der Waals surface area contributed by atoms with Gasteiger partial charge in [0, 0.05) is 5.69 Å². The molecular weight excluding hydrogens is 204 g/mol. The molecule has 0 radical (unpaired) electrons. The van der Waals surface area contributed by atoms with E-state index >= 15 is 0 Å². The fourth-order valence-electron chi connectivity index (χ4n) is 1.09. The van der Waals surface area contributed by atoms with Crippen LogP contribution in [0.2, 0.25) is 0 Å². The molecule has 0 bridgehead atoms. The molecule has 0 spiro atoms. The van der Waals surface area contributed by atoms with E-state index < -0.39 is 5.54 Å². The zero-order chi connectivity index (χ0) is 12.2. The molecule has 0 atom stereocenters. The SMILES string of the molecule is CNC(C)(C)C(=O)Nc1ccc(CO)cc1. The molecule has 0 saturated carbocycles. The Morgan fingerprint density at radius 2 is 1.88 bits per heavy atom. The molecule has 0 aliphatic carbocycles. The van der Waals surface area contributed by atoms with Crippen LogP contribution < -0.4 is 10.6 Å². The fourth-order valence-corrected chi connectivity index (χ4v) is 1.09. The van der Waals surface area contributed by atoms with Gasteiger partial charge in [0.2, 0.25) is 5.91 Å². The van der Waals surface area contributed by atoms with E-state index in [2.05, 4.69) is 10.6 Å². The average Bonchev–Trinajstić information content (AvgIpc) is 2.30. The monoisotopic (exact) mass is 222 g/mol. The molecule has 0 aliphatic rings. The molecule has 16 heavy (non-hydrogen) atoms. The first-order valence-electron chi connectivity index (χ1n) is 5.20. The predicted molar refractivity (Wildman–Crippen MR) is 64.1 cm³/mol. The van der Waals surface area contributed by atoms with Gasteiger partial charge in [0.15, 0.2) is 0 Å². The summed E-state index contributed by atoms with van der Waals surface area (Å²) in [6, 6.07) is 7.11. The minimum absolute atomic E-state index is 0.0102. The van der Waals surface area contributed by atoms with Crippen LogP contribution in [0.4, 0.5) is 5.69 Å². The van der Waals surface area contributed by atoms with Gasteiger partial charge in [0.05, 0.1) is 12.1 Å². The lowest BCUT2D eigenvalue weighted by atomic mass is 10.1. The van der Waals surface area contributed by atoms with Crippen LogP contribution in [0, 0.1) is 0 Å². The van der Waals surface area contributed by atoms with Crippen molar-refractivity contribution in [3.8, 4) is 0 Å². The van der Waals surface area contributed by atoms with Gasteiger partial charge in [-0.2, -0.15) is 0 Å². The van der Waals surface area contributed by atoms with E-state index in [1.54, 1.807) is 31.3 Å². The van der Waals surface area contributed by atoms with E-state index in [1.165, 1.54) is 0 Å². The van der Waals surface area contributed by atoms with E-state index in [-0.39, 0.29) is 12.5 Å². The Morgan fingerprint density at radius 3 is 2.31 bits per heavy atom. The Balaban J connectivity index is 2.70. The third kappa shape index (κ3) is 3.05. The van der Waals surface area contributed by atoms with Crippen molar-refractivity contribution in [3.63, 3.8) is 0 Å². The van der Waals surface area contributed by atoms with Crippen molar-refractivity contribution < 1.29 is 9.90 Å². The highest BCUT2D eigenvalue weighted by molar-refractivity contribution is 5.97. The number of hydrogen-bond donors (Lipinski definition) is 3. The molecule has 0 heterocycles. The molecule has 3 N–H and O–H groups in total. The van der Waals surface area contributed by atoms with Crippen LogP contribution in [-0.4, -0.2) is 23.6 Å². The first-order valence-corrected chi connectivity index (χ1v) is 5.20. The van der Waals surface area contributed by atoms with Crippen molar-refractivity contribution in [1.82, 2.24) is 5.32 Å². The number of carbonyl (C=O) groups is 1. The number of aliphatic hydroxyl groups is 1. The van der Waals surface area contributed by atoms with Crippen LogP contribution in [0.3, 0.4) is 0 Å². The lowest BCUT2D eigenvalue weighted by Crippen LogP contribution is -2.47. The van der Waals surface area contributed by atoms with Gasteiger partial charge in [0.1, 0.15) is 0 Å². The number of hydrogen-bond acceptors (Lipinski definition) is 3. The van der Waals surface area contributed by atoms with Crippen molar-refractivity contribution in [3.05, 3.63) is 29.8 Å². The topological polar surface area (TPSA) is 61.4 Å². The van der Waals surface area contributed by atoms with Gasteiger partial charge < -0.3 is 15.7 Å². The minimum Gasteiger partial charge on any atom is -0.392 e. The molecular formula is C12H18N2O2. The van der Waals surface area contributed by atoms with Crippen molar-refractivity contribution in [1.29, 1.82) is 0 Å². The number of amides is 1. The summed E-state index contributed by atoms with van der Waals surface area (Å²) in [6.45, 7) is 3.63. The second-order valence-corrected chi connectivity index (χ2v) is 4.18. The van der Waals surface area contributed by atoms with Gasteiger partial charge in [-0.15, -0.1) is 0 Å². The predicted octanol–water partition coefficient (Wildman–Crippen LogP) is 1.12. The summed E-state index contributed by atoms with van der Waals surface area (Å²) in [5.41, 5.74) is 0.951. The van der Waals surface area contributed by atoms with E-state index in [0.717, 1.165) is 11.3 Å². The third-order valence-electron chi connectivity index (χ3n) is 2.59. The number of nitrogens with one attached hydrogen (secondary N) is 2. The summed E-state index contributed by atoms with van der Waals surface area (Å²) in [7, 11) is 1.74. The van der Waals surface area contributed by atoms with Crippen molar-refractivity contribution >= 4 is 11.6 Å².